The Morgan fingerprint density at radius 1 is 1.38 bits per heavy atom. The van der Waals surface area contributed by atoms with Gasteiger partial charge in [0.15, 0.2) is 11.4 Å². The SMILES string of the molecule is O=C(C[C@@]1(O)C(=O)Nc2ccc(F)cc21)c1ccc(Cl)s1. The molecule has 1 aromatic carbocycles. The molecule has 1 amide bonds. The second-order valence-electron chi connectivity index (χ2n) is 4.71. The van der Waals surface area contributed by atoms with E-state index in [2.05, 4.69) is 5.32 Å². The van der Waals surface area contributed by atoms with Crippen LogP contribution in [-0.2, 0) is 10.4 Å². The summed E-state index contributed by atoms with van der Waals surface area (Å²) in [6.07, 6.45) is -0.466. The molecule has 1 aliphatic heterocycles. The number of benzene rings is 1. The number of ketones is 1. The molecule has 4 nitrogen and oxygen atoms in total. The molecule has 0 bridgehead atoms. The number of thiophene rings is 1. The number of amides is 1. The van der Waals surface area contributed by atoms with E-state index in [1.54, 1.807) is 6.07 Å². The van der Waals surface area contributed by atoms with Gasteiger partial charge in [-0.3, -0.25) is 9.59 Å². The summed E-state index contributed by atoms with van der Waals surface area (Å²) >= 11 is 6.82. The number of rotatable bonds is 3. The third-order valence-electron chi connectivity index (χ3n) is 3.32. The van der Waals surface area contributed by atoms with Gasteiger partial charge in [-0.15, -0.1) is 11.3 Å². The molecule has 2 N–H and O–H groups in total. The van der Waals surface area contributed by atoms with Crippen molar-refractivity contribution in [2.45, 2.75) is 12.0 Å². The van der Waals surface area contributed by atoms with Crippen LogP contribution >= 0.6 is 22.9 Å². The van der Waals surface area contributed by atoms with Gasteiger partial charge in [0.25, 0.3) is 5.91 Å². The van der Waals surface area contributed by atoms with Crippen molar-refractivity contribution >= 4 is 40.3 Å². The molecule has 0 unspecified atom stereocenters. The van der Waals surface area contributed by atoms with E-state index < -0.39 is 29.5 Å². The van der Waals surface area contributed by atoms with Gasteiger partial charge < -0.3 is 10.4 Å². The maximum atomic E-state index is 13.3. The lowest BCUT2D eigenvalue weighted by molar-refractivity contribution is -0.133. The lowest BCUT2D eigenvalue weighted by atomic mass is 9.89. The summed E-state index contributed by atoms with van der Waals surface area (Å²) in [5, 5.41) is 13.0. The molecule has 0 aliphatic carbocycles. The monoisotopic (exact) mass is 325 g/mol. The highest BCUT2D eigenvalue weighted by Gasteiger charge is 2.47. The predicted octanol–water partition coefficient (Wildman–Crippen LogP) is 2.95. The lowest BCUT2D eigenvalue weighted by Crippen LogP contribution is -2.36. The normalized spacial score (nSPS) is 20.2. The molecule has 1 aromatic heterocycles. The van der Waals surface area contributed by atoms with Gasteiger partial charge in [0.2, 0.25) is 0 Å². The fourth-order valence-corrected chi connectivity index (χ4v) is 3.26. The van der Waals surface area contributed by atoms with Gasteiger partial charge in [0.1, 0.15) is 5.82 Å². The van der Waals surface area contributed by atoms with Crippen molar-refractivity contribution in [2.24, 2.45) is 0 Å². The summed E-state index contributed by atoms with van der Waals surface area (Å²) in [7, 11) is 0. The standard InChI is InChI=1S/C14H9ClFNO3S/c15-12-4-3-11(21-12)10(18)6-14(20)8-5-7(16)1-2-9(8)17-13(14)19/h1-5,20H,6H2,(H,17,19)/t14-/m0/s1. The minimum atomic E-state index is -2.06. The lowest BCUT2D eigenvalue weighted by Gasteiger charge is -2.19. The number of halogens is 2. The number of anilines is 1. The van der Waals surface area contributed by atoms with Crippen LogP contribution in [0.4, 0.5) is 10.1 Å². The number of hydrogen-bond acceptors (Lipinski definition) is 4. The molecule has 0 radical (unpaired) electrons. The molecule has 2 heterocycles. The average molecular weight is 326 g/mol. The van der Waals surface area contributed by atoms with Crippen LogP contribution in [0.3, 0.4) is 0 Å². The second-order valence-corrected chi connectivity index (χ2v) is 6.42. The Balaban J connectivity index is 1.96. The molecule has 21 heavy (non-hydrogen) atoms. The molecule has 0 saturated carbocycles. The third kappa shape index (κ3) is 2.35. The number of carbonyl (C=O) groups is 2. The van der Waals surface area contributed by atoms with Crippen LogP contribution in [0.1, 0.15) is 21.7 Å². The smallest absolute Gasteiger partial charge is 0.261 e. The van der Waals surface area contributed by atoms with Crippen LogP contribution in [0.5, 0.6) is 0 Å². The van der Waals surface area contributed by atoms with E-state index in [1.807, 2.05) is 0 Å². The van der Waals surface area contributed by atoms with Crippen molar-refractivity contribution in [3.63, 3.8) is 0 Å². The first-order valence-electron chi connectivity index (χ1n) is 6.02. The molecular formula is C14H9ClFNO3S. The van der Waals surface area contributed by atoms with Crippen molar-refractivity contribution in [3.8, 4) is 0 Å². The minimum Gasteiger partial charge on any atom is -0.375 e. The van der Waals surface area contributed by atoms with Crippen LogP contribution in [-0.4, -0.2) is 16.8 Å². The van der Waals surface area contributed by atoms with Crippen molar-refractivity contribution in [3.05, 3.63) is 50.9 Å². The number of aliphatic hydroxyl groups is 1. The highest BCUT2D eigenvalue weighted by molar-refractivity contribution is 7.18. The summed E-state index contributed by atoms with van der Waals surface area (Å²) < 4.78 is 13.8. The first-order chi connectivity index (χ1) is 9.90. The Labute approximate surface area is 128 Å². The molecule has 0 saturated heterocycles. The fourth-order valence-electron chi connectivity index (χ4n) is 2.27. The van der Waals surface area contributed by atoms with Crippen molar-refractivity contribution in [1.29, 1.82) is 0 Å². The molecule has 1 aliphatic rings. The van der Waals surface area contributed by atoms with Crippen LogP contribution in [0.25, 0.3) is 0 Å². The number of nitrogens with one attached hydrogen (secondary N) is 1. The fraction of sp³-hybridized carbons (Fsp3) is 0.143. The molecule has 1 atom stereocenters. The highest BCUT2D eigenvalue weighted by atomic mass is 35.5. The second kappa shape index (κ2) is 4.91. The van der Waals surface area contributed by atoms with Crippen molar-refractivity contribution in [2.75, 3.05) is 5.32 Å². The number of fused-ring (bicyclic) bond motifs is 1. The van der Waals surface area contributed by atoms with Gasteiger partial charge in [-0.1, -0.05) is 11.6 Å². The maximum Gasteiger partial charge on any atom is 0.261 e. The van der Waals surface area contributed by atoms with Crippen LogP contribution in [0, 0.1) is 5.82 Å². The van der Waals surface area contributed by atoms with Gasteiger partial charge >= 0.3 is 0 Å². The quantitative estimate of drug-likeness (QED) is 0.853. The Kier molecular flexibility index (Phi) is 3.32. The molecule has 108 valence electrons. The van der Waals surface area contributed by atoms with Crippen molar-refractivity contribution in [1.82, 2.24) is 0 Å². The number of carbonyl (C=O) groups excluding carboxylic acids is 2. The predicted molar refractivity (Wildman–Crippen MR) is 77.2 cm³/mol. The first-order valence-corrected chi connectivity index (χ1v) is 7.22. The van der Waals surface area contributed by atoms with E-state index in [9.17, 15) is 19.1 Å². The van der Waals surface area contributed by atoms with E-state index in [1.165, 1.54) is 18.2 Å². The Morgan fingerprint density at radius 2 is 2.14 bits per heavy atom. The summed E-state index contributed by atoms with van der Waals surface area (Å²) in [5.41, 5.74) is -1.69. The molecule has 7 heteroatoms. The minimum absolute atomic E-state index is 0.0727. The van der Waals surface area contributed by atoms with E-state index in [0.29, 0.717) is 14.9 Å². The zero-order chi connectivity index (χ0) is 15.2. The topological polar surface area (TPSA) is 66.4 Å². The first kappa shape index (κ1) is 14.2. The summed E-state index contributed by atoms with van der Waals surface area (Å²) in [6, 6.07) is 6.67. The van der Waals surface area contributed by atoms with Gasteiger partial charge in [-0.2, -0.15) is 0 Å². The number of hydrogen-bond donors (Lipinski definition) is 2. The van der Waals surface area contributed by atoms with E-state index in [0.717, 1.165) is 17.4 Å². The highest BCUT2D eigenvalue weighted by Crippen LogP contribution is 2.40. The van der Waals surface area contributed by atoms with Crippen LogP contribution in [0.15, 0.2) is 30.3 Å². The van der Waals surface area contributed by atoms with Crippen LogP contribution in [0.2, 0.25) is 4.34 Å². The maximum absolute atomic E-state index is 13.3. The van der Waals surface area contributed by atoms with Gasteiger partial charge in [-0.05, 0) is 30.3 Å². The number of Topliss-reactive ketones (excluding diaryl/α,β-unsaturated/α-hetero) is 1. The van der Waals surface area contributed by atoms with Gasteiger partial charge in [0.05, 0.1) is 15.6 Å². The van der Waals surface area contributed by atoms with Gasteiger partial charge in [-0.25, -0.2) is 4.39 Å². The molecule has 0 fully saturated rings. The zero-order valence-corrected chi connectivity index (χ0v) is 12.1. The van der Waals surface area contributed by atoms with E-state index in [-0.39, 0.29) is 5.56 Å². The largest absolute Gasteiger partial charge is 0.375 e. The zero-order valence-electron chi connectivity index (χ0n) is 10.5. The molecular weight excluding hydrogens is 317 g/mol. The summed E-state index contributed by atoms with van der Waals surface area (Å²) in [6.45, 7) is 0. The molecule has 0 spiro atoms. The summed E-state index contributed by atoms with van der Waals surface area (Å²) in [5.74, 6) is -1.75. The van der Waals surface area contributed by atoms with Gasteiger partial charge in [0, 0.05) is 11.3 Å². The van der Waals surface area contributed by atoms with E-state index >= 15 is 0 Å². The Hall–Kier alpha value is -1.76. The van der Waals surface area contributed by atoms with Crippen molar-refractivity contribution < 1.29 is 19.1 Å². The third-order valence-corrected chi connectivity index (χ3v) is 4.59. The summed E-state index contributed by atoms with van der Waals surface area (Å²) in [4.78, 5) is 24.5. The van der Waals surface area contributed by atoms with E-state index in [4.69, 9.17) is 11.6 Å². The molecule has 2 aromatic rings. The Morgan fingerprint density at radius 3 is 2.81 bits per heavy atom. The molecule has 3 rings (SSSR count). The van der Waals surface area contributed by atoms with Crippen LogP contribution < -0.4 is 5.32 Å². The average Bonchev–Trinajstić information content (AvgIpc) is 2.95. The Bertz CT molecular complexity index is 760.